The van der Waals surface area contributed by atoms with E-state index in [1.165, 1.54) is 83.5 Å². The standard InChI is InChI=1S/C38H72O9/c1-4-6-7-8-9-10-11-12-13-16-19-22-25-31(40)30(28-46-38-37(45)36(44)35(43)33(27-39)47-38)34(42)32(41)26-23-20-17-14-15-18-21-24-29(3)5-2/h22,25,29-33,35-41,43-45H,4-21,23-24,26-28H2,1-3H3/b25-22+/t29?,30-,31+,32+,33+,35-,36-,37+,38+/m0/s1. The summed E-state index contributed by atoms with van der Waals surface area (Å²) in [6, 6.07) is 0. The van der Waals surface area contributed by atoms with Crippen molar-refractivity contribution in [3.8, 4) is 0 Å². The third kappa shape index (κ3) is 19.2. The maximum atomic E-state index is 13.4. The summed E-state index contributed by atoms with van der Waals surface area (Å²) in [6.07, 6.45) is 17.0. The average molecular weight is 673 g/mol. The van der Waals surface area contributed by atoms with Crippen LogP contribution in [-0.2, 0) is 14.3 Å². The monoisotopic (exact) mass is 673 g/mol. The van der Waals surface area contributed by atoms with Crippen molar-refractivity contribution in [2.45, 2.75) is 199 Å². The van der Waals surface area contributed by atoms with Gasteiger partial charge in [-0.3, -0.25) is 4.79 Å². The highest BCUT2D eigenvalue weighted by atomic mass is 16.7. The summed E-state index contributed by atoms with van der Waals surface area (Å²) in [4.78, 5) is 13.4. The van der Waals surface area contributed by atoms with Crippen LogP contribution in [0.2, 0.25) is 0 Å². The van der Waals surface area contributed by atoms with Crippen LogP contribution in [0.5, 0.6) is 0 Å². The van der Waals surface area contributed by atoms with Crippen molar-refractivity contribution >= 4 is 5.78 Å². The molecular weight excluding hydrogens is 600 g/mol. The smallest absolute Gasteiger partial charge is 0.186 e. The molecule has 6 N–H and O–H groups in total. The predicted molar refractivity (Wildman–Crippen MR) is 187 cm³/mol. The normalized spacial score (nSPS) is 24.4. The molecule has 47 heavy (non-hydrogen) atoms. The van der Waals surface area contributed by atoms with Crippen molar-refractivity contribution in [2.24, 2.45) is 11.8 Å². The van der Waals surface area contributed by atoms with E-state index in [0.29, 0.717) is 12.8 Å². The molecule has 0 radical (unpaired) electrons. The van der Waals surface area contributed by atoms with E-state index in [0.717, 1.165) is 44.4 Å². The highest BCUT2D eigenvalue weighted by Crippen LogP contribution is 2.24. The molecule has 0 aliphatic carbocycles. The van der Waals surface area contributed by atoms with Crippen LogP contribution in [0.25, 0.3) is 0 Å². The van der Waals surface area contributed by atoms with Crippen molar-refractivity contribution in [3.05, 3.63) is 12.2 Å². The van der Waals surface area contributed by atoms with Crippen LogP contribution >= 0.6 is 0 Å². The minimum Gasteiger partial charge on any atom is -0.394 e. The fraction of sp³-hybridized carbons (Fsp3) is 0.921. The first-order valence-electron chi connectivity index (χ1n) is 19.2. The van der Waals surface area contributed by atoms with Gasteiger partial charge in [-0.2, -0.15) is 0 Å². The summed E-state index contributed by atoms with van der Waals surface area (Å²) in [5.41, 5.74) is 0. The Labute approximate surface area is 286 Å². The van der Waals surface area contributed by atoms with E-state index in [9.17, 15) is 35.4 Å². The van der Waals surface area contributed by atoms with Gasteiger partial charge in [0, 0.05) is 0 Å². The lowest BCUT2D eigenvalue weighted by atomic mass is 9.91. The van der Waals surface area contributed by atoms with E-state index in [1.54, 1.807) is 6.08 Å². The number of hydrogen-bond donors (Lipinski definition) is 6. The lowest BCUT2D eigenvalue weighted by Crippen LogP contribution is -2.59. The van der Waals surface area contributed by atoms with Gasteiger partial charge < -0.3 is 40.1 Å². The molecule has 9 atom stereocenters. The van der Waals surface area contributed by atoms with Crippen molar-refractivity contribution in [1.82, 2.24) is 0 Å². The van der Waals surface area contributed by atoms with Gasteiger partial charge in [0.2, 0.25) is 0 Å². The second kappa shape index (κ2) is 27.9. The van der Waals surface area contributed by atoms with Gasteiger partial charge in [-0.1, -0.05) is 148 Å². The summed E-state index contributed by atoms with van der Waals surface area (Å²) >= 11 is 0. The summed E-state index contributed by atoms with van der Waals surface area (Å²) in [5.74, 6) is -0.874. The molecule has 9 heteroatoms. The van der Waals surface area contributed by atoms with Gasteiger partial charge in [0.25, 0.3) is 0 Å². The molecule has 278 valence electrons. The SMILES string of the molecule is CCCCCCCCCCCC/C=C/[C@@H](O)[C@H](CO[C@@H]1O[C@H](CO)[C@H](O)[C@H](O)[C@H]1O)C(=O)[C@H](O)CCCCCCCCCC(C)CC. The average Bonchev–Trinajstić information content (AvgIpc) is 3.07. The first kappa shape index (κ1) is 44.1. The molecule has 1 aliphatic heterocycles. The zero-order valence-corrected chi connectivity index (χ0v) is 30.0. The van der Waals surface area contributed by atoms with Crippen LogP contribution in [-0.4, -0.2) is 92.5 Å². The van der Waals surface area contributed by atoms with Crippen LogP contribution in [0, 0.1) is 11.8 Å². The van der Waals surface area contributed by atoms with E-state index in [1.807, 2.05) is 6.08 Å². The van der Waals surface area contributed by atoms with Crippen LogP contribution < -0.4 is 0 Å². The number of Topliss-reactive ketones (excluding diaryl/α,β-unsaturated/α-hetero) is 1. The van der Waals surface area contributed by atoms with Crippen molar-refractivity contribution in [3.63, 3.8) is 0 Å². The quantitative estimate of drug-likeness (QED) is 0.0390. The van der Waals surface area contributed by atoms with E-state index >= 15 is 0 Å². The Balaban J connectivity index is 2.58. The third-order valence-electron chi connectivity index (χ3n) is 9.82. The van der Waals surface area contributed by atoms with Gasteiger partial charge in [-0.25, -0.2) is 0 Å². The number of aliphatic hydroxyl groups excluding tert-OH is 6. The van der Waals surface area contributed by atoms with Gasteiger partial charge in [-0.05, 0) is 25.2 Å². The van der Waals surface area contributed by atoms with Crippen LogP contribution in [0.3, 0.4) is 0 Å². The molecular formula is C38H72O9. The molecule has 9 nitrogen and oxygen atoms in total. The van der Waals surface area contributed by atoms with Crippen LogP contribution in [0.1, 0.15) is 156 Å². The predicted octanol–water partition coefficient (Wildman–Crippen LogP) is 6.13. The Morgan fingerprint density at radius 2 is 1.28 bits per heavy atom. The molecule has 0 aromatic carbocycles. The molecule has 0 aromatic rings. The molecule has 1 rings (SSSR count). The molecule has 1 saturated heterocycles. The number of allylic oxidation sites excluding steroid dienone is 1. The molecule has 0 saturated carbocycles. The Morgan fingerprint density at radius 3 is 1.83 bits per heavy atom. The molecule has 0 amide bonds. The largest absolute Gasteiger partial charge is 0.394 e. The number of hydrogen-bond acceptors (Lipinski definition) is 9. The molecule has 1 aliphatic rings. The topological polar surface area (TPSA) is 157 Å². The fourth-order valence-electron chi connectivity index (χ4n) is 6.18. The molecule has 0 aromatic heterocycles. The second-order valence-corrected chi connectivity index (χ2v) is 14.0. The van der Waals surface area contributed by atoms with E-state index in [4.69, 9.17) is 9.47 Å². The Morgan fingerprint density at radius 1 is 0.745 bits per heavy atom. The first-order valence-corrected chi connectivity index (χ1v) is 19.2. The zero-order chi connectivity index (χ0) is 34.9. The minimum atomic E-state index is -1.62. The van der Waals surface area contributed by atoms with Crippen LogP contribution in [0.4, 0.5) is 0 Å². The number of ether oxygens (including phenoxy) is 2. The van der Waals surface area contributed by atoms with Crippen molar-refractivity contribution < 1.29 is 44.9 Å². The summed E-state index contributed by atoms with van der Waals surface area (Å²) in [7, 11) is 0. The van der Waals surface area contributed by atoms with Gasteiger partial charge >= 0.3 is 0 Å². The highest BCUT2D eigenvalue weighted by Gasteiger charge is 2.44. The number of ketones is 1. The molecule has 1 unspecified atom stereocenters. The van der Waals surface area contributed by atoms with Gasteiger partial charge in [0.05, 0.1) is 25.2 Å². The van der Waals surface area contributed by atoms with Crippen molar-refractivity contribution in [2.75, 3.05) is 13.2 Å². The lowest BCUT2D eigenvalue weighted by molar-refractivity contribution is -0.303. The van der Waals surface area contributed by atoms with E-state index < -0.39 is 61.2 Å². The van der Waals surface area contributed by atoms with Gasteiger partial charge in [-0.15, -0.1) is 0 Å². The Kier molecular flexibility index (Phi) is 26.1. The zero-order valence-electron chi connectivity index (χ0n) is 30.0. The fourth-order valence-corrected chi connectivity index (χ4v) is 6.18. The lowest BCUT2D eigenvalue weighted by Gasteiger charge is -2.40. The maximum absolute atomic E-state index is 13.4. The highest BCUT2D eigenvalue weighted by molar-refractivity contribution is 5.86. The molecule has 1 fully saturated rings. The maximum Gasteiger partial charge on any atom is 0.186 e. The van der Waals surface area contributed by atoms with Gasteiger partial charge in [0.15, 0.2) is 12.1 Å². The molecule has 0 bridgehead atoms. The summed E-state index contributed by atoms with van der Waals surface area (Å²) in [5, 5.41) is 61.8. The first-order chi connectivity index (χ1) is 22.7. The number of carbonyl (C=O) groups excluding carboxylic acids is 1. The Hall–Kier alpha value is -0.910. The summed E-state index contributed by atoms with van der Waals surface area (Å²) < 4.78 is 11.1. The summed E-state index contributed by atoms with van der Waals surface area (Å²) in [6.45, 7) is 5.78. The second-order valence-electron chi connectivity index (χ2n) is 14.0. The number of rotatable bonds is 30. The third-order valence-corrected chi connectivity index (χ3v) is 9.82. The van der Waals surface area contributed by atoms with E-state index in [-0.39, 0.29) is 6.61 Å². The van der Waals surface area contributed by atoms with E-state index in [2.05, 4.69) is 20.8 Å². The van der Waals surface area contributed by atoms with Crippen LogP contribution in [0.15, 0.2) is 12.2 Å². The number of carbonyl (C=O) groups is 1. The molecule has 0 spiro atoms. The molecule has 1 heterocycles. The minimum absolute atomic E-state index is 0.290. The van der Waals surface area contributed by atoms with Gasteiger partial charge in [0.1, 0.15) is 30.5 Å². The van der Waals surface area contributed by atoms with Crippen molar-refractivity contribution in [1.29, 1.82) is 0 Å². The number of aliphatic hydroxyl groups is 6. The number of unbranched alkanes of at least 4 members (excludes halogenated alkanes) is 16. The Bertz CT molecular complexity index is 776.